The van der Waals surface area contributed by atoms with Crippen LogP contribution in [0.5, 0.6) is 5.88 Å². The van der Waals surface area contributed by atoms with Crippen LogP contribution >= 0.6 is 11.6 Å². The van der Waals surface area contributed by atoms with Gasteiger partial charge in [-0.05, 0) is 17.7 Å². The standard InChI is InChI=1S/C10H8ClN3O3/c11-7-2-1-6(3-8(7)12)4-13-14-9(15)5-17-10(14)16/h1-5,15H,12H2. The Morgan fingerprint density at radius 3 is 2.88 bits per heavy atom. The predicted octanol–water partition coefficient (Wildman–Crippen LogP) is 1.26. The molecule has 1 aromatic heterocycles. The SMILES string of the molecule is Nc1cc(C=Nn2c(O)coc2=O)ccc1Cl. The van der Waals surface area contributed by atoms with Gasteiger partial charge in [0.05, 0.1) is 16.9 Å². The molecule has 2 rings (SSSR count). The first-order chi connectivity index (χ1) is 8.08. The predicted molar refractivity (Wildman–Crippen MR) is 63.5 cm³/mol. The average Bonchev–Trinajstić information content (AvgIpc) is 2.61. The molecule has 1 aromatic carbocycles. The molecule has 88 valence electrons. The summed E-state index contributed by atoms with van der Waals surface area (Å²) in [5.41, 5.74) is 6.64. The zero-order valence-corrected chi connectivity index (χ0v) is 9.26. The summed E-state index contributed by atoms with van der Waals surface area (Å²) in [7, 11) is 0. The van der Waals surface area contributed by atoms with Crippen molar-refractivity contribution in [2.45, 2.75) is 0 Å². The summed E-state index contributed by atoms with van der Waals surface area (Å²) >= 11 is 5.75. The summed E-state index contributed by atoms with van der Waals surface area (Å²) in [4.78, 5) is 11.1. The molecule has 3 N–H and O–H groups in total. The smallest absolute Gasteiger partial charge is 0.443 e. The number of aromatic nitrogens is 1. The molecule has 0 saturated heterocycles. The molecule has 1 heterocycles. The van der Waals surface area contributed by atoms with Gasteiger partial charge in [0.1, 0.15) is 0 Å². The monoisotopic (exact) mass is 253 g/mol. The van der Waals surface area contributed by atoms with Crippen LogP contribution in [0.25, 0.3) is 0 Å². The molecular formula is C10H8ClN3O3. The van der Waals surface area contributed by atoms with Crippen molar-refractivity contribution < 1.29 is 9.52 Å². The molecule has 0 amide bonds. The van der Waals surface area contributed by atoms with E-state index in [1.807, 2.05) is 0 Å². The van der Waals surface area contributed by atoms with Gasteiger partial charge in [0.2, 0.25) is 0 Å². The van der Waals surface area contributed by atoms with E-state index >= 15 is 0 Å². The Morgan fingerprint density at radius 1 is 1.53 bits per heavy atom. The normalized spacial score (nSPS) is 11.1. The largest absolute Gasteiger partial charge is 0.491 e. The Labute approximate surface area is 101 Å². The number of nitrogen functional groups attached to an aromatic ring is 1. The van der Waals surface area contributed by atoms with Crippen molar-refractivity contribution in [2.24, 2.45) is 5.10 Å². The third kappa shape index (κ3) is 2.31. The van der Waals surface area contributed by atoms with Crippen molar-refractivity contribution in [3.8, 4) is 5.88 Å². The van der Waals surface area contributed by atoms with E-state index in [0.717, 1.165) is 6.26 Å². The van der Waals surface area contributed by atoms with Crippen LogP contribution in [0.2, 0.25) is 5.02 Å². The summed E-state index contributed by atoms with van der Waals surface area (Å²) in [5, 5.41) is 13.4. The van der Waals surface area contributed by atoms with Gasteiger partial charge in [-0.25, -0.2) is 4.79 Å². The summed E-state index contributed by atoms with van der Waals surface area (Å²) < 4.78 is 5.14. The summed E-state index contributed by atoms with van der Waals surface area (Å²) in [6.45, 7) is 0. The summed E-state index contributed by atoms with van der Waals surface area (Å²) in [6.07, 6.45) is 2.25. The number of nitrogens with two attached hydrogens (primary N) is 1. The van der Waals surface area contributed by atoms with Crippen molar-refractivity contribution >= 4 is 23.5 Å². The molecule has 7 heteroatoms. The lowest BCUT2D eigenvalue weighted by atomic mass is 10.2. The van der Waals surface area contributed by atoms with Crippen LogP contribution < -0.4 is 11.5 Å². The molecule has 17 heavy (non-hydrogen) atoms. The van der Waals surface area contributed by atoms with Gasteiger partial charge in [-0.3, -0.25) is 0 Å². The van der Waals surface area contributed by atoms with Crippen molar-refractivity contribution in [1.82, 2.24) is 4.68 Å². The molecule has 0 unspecified atom stereocenters. The fourth-order valence-electron chi connectivity index (χ4n) is 1.17. The summed E-state index contributed by atoms with van der Waals surface area (Å²) in [5.74, 6) is -1.16. The number of hydrogen-bond acceptors (Lipinski definition) is 5. The number of nitrogens with zero attached hydrogens (tertiary/aromatic N) is 2. The molecule has 0 atom stereocenters. The Morgan fingerprint density at radius 2 is 2.29 bits per heavy atom. The van der Waals surface area contributed by atoms with E-state index < -0.39 is 5.76 Å². The van der Waals surface area contributed by atoms with Crippen molar-refractivity contribution in [3.63, 3.8) is 0 Å². The highest BCUT2D eigenvalue weighted by Gasteiger charge is 2.03. The molecular weight excluding hydrogens is 246 g/mol. The lowest BCUT2D eigenvalue weighted by Crippen LogP contribution is -2.08. The van der Waals surface area contributed by atoms with Crippen LogP contribution in [-0.4, -0.2) is 16.0 Å². The van der Waals surface area contributed by atoms with Gasteiger partial charge in [-0.2, -0.15) is 5.10 Å². The highest BCUT2D eigenvalue weighted by molar-refractivity contribution is 6.33. The maximum Gasteiger partial charge on any atom is 0.443 e. The van der Waals surface area contributed by atoms with E-state index in [-0.39, 0.29) is 5.88 Å². The fraction of sp³-hybridized carbons (Fsp3) is 0. The molecule has 0 radical (unpaired) electrons. The Kier molecular flexibility index (Phi) is 2.88. The van der Waals surface area contributed by atoms with E-state index in [9.17, 15) is 9.90 Å². The van der Waals surface area contributed by atoms with Gasteiger partial charge in [0.25, 0.3) is 5.88 Å². The van der Waals surface area contributed by atoms with Crippen LogP contribution in [0.4, 0.5) is 5.69 Å². The molecule has 0 bridgehead atoms. The summed E-state index contributed by atoms with van der Waals surface area (Å²) in [6, 6.07) is 4.87. The van der Waals surface area contributed by atoms with Gasteiger partial charge >= 0.3 is 5.76 Å². The molecule has 0 aliphatic rings. The average molecular weight is 254 g/mol. The van der Waals surface area contributed by atoms with Crippen LogP contribution in [0.1, 0.15) is 5.56 Å². The third-order valence-electron chi connectivity index (χ3n) is 2.00. The topological polar surface area (TPSA) is 93.8 Å². The lowest BCUT2D eigenvalue weighted by molar-refractivity contribution is 0.427. The lowest BCUT2D eigenvalue weighted by Gasteiger charge is -1.98. The zero-order chi connectivity index (χ0) is 12.4. The van der Waals surface area contributed by atoms with E-state index in [2.05, 4.69) is 9.52 Å². The quantitative estimate of drug-likeness (QED) is 0.622. The van der Waals surface area contributed by atoms with E-state index in [4.69, 9.17) is 17.3 Å². The molecule has 0 fully saturated rings. The van der Waals surface area contributed by atoms with Gasteiger partial charge in [0.15, 0.2) is 6.26 Å². The maximum atomic E-state index is 11.1. The molecule has 0 aliphatic heterocycles. The van der Waals surface area contributed by atoms with Crippen molar-refractivity contribution in [3.05, 3.63) is 45.6 Å². The Balaban J connectivity index is 2.32. The van der Waals surface area contributed by atoms with Gasteiger partial charge in [-0.15, -0.1) is 4.68 Å². The second-order valence-corrected chi connectivity index (χ2v) is 3.60. The van der Waals surface area contributed by atoms with E-state index in [1.54, 1.807) is 18.2 Å². The van der Waals surface area contributed by atoms with Gasteiger partial charge in [-0.1, -0.05) is 17.7 Å². The molecule has 0 spiro atoms. The Bertz CT molecular complexity index is 630. The number of hydrogen-bond donors (Lipinski definition) is 2. The van der Waals surface area contributed by atoms with Gasteiger partial charge < -0.3 is 15.3 Å². The fourth-order valence-corrected chi connectivity index (χ4v) is 1.29. The van der Waals surface area contributed by atoms with Gasteiger partial charge in [0, 0.05) is 0 Å². The number of aromatic hydroxyl groups is 1. The van der Waals surface area contributed by atoms with Crippen LogP contribution in [0, 0.1) is 0 Å². The molecule has 6 nitrogen and oxygen atoms in total. The van der Waals surface area contributed by atoms with E-state index in [0.29, 0.717) is 20.9 Å². The minimum atomic E-state index is -0.777. The maximum absolute atomic E-state index is 11.1. The highest BCUT2D eigenvalue weighted by atomic mass is 35.5. The van der Waals surface area contributed by atoms with Crippen molar-refractivity contribution in [2.75, 3.05) is 5.73 Å². The number of benzene rings is 1. The molecule has 2 aromatic rings. The minimum absolute atomic E-state index is 0.381. The highest BCUT2D eigenvalue weighted by Crippen LogP contribution is 2.18. The van der Waals surface area contributed by atoms with E-state index in [1.165, 1.54) is 6.21 Å². The van der Waals surface area contributed by atoms with Crippen LogP contribution in [0.15, 0.2) is 38.8 Å². The number of anilines is 1. The zero-order valence-electron chi connectivity index (χ0n) is 8.50. The molecule has 0 aliphatic carbocycles. The van der Waals surface area contributed by atoms with Crippen LogP contribution in [0.3, 0.4) is 0 Å². The number of oxazole rings is 1. The second-order valence-electron chi connectivity index (χ2n) is 3.20. The first-order valence-electron chi connectivity index (χ1n) is 4.57. The number of halogens is 1. The van der Waals surface area contributed by atoms with Crippen LogP contribution in [-0.2, 0) is 0 Å². The second kappa shape index (κ2) is 4.34. The first kappa shape index (κ1) is 11.3. The minimum Gasteiger partial charge on any atom is -0.491 e. The third-order valence-corrected chi connectivity index (χ3v) is 2.34. The first-order valence-corrected chi connectivity index (χ1v) is 4.94. The number of rotatable bonds is 2. The van der Waals surface area contributed by atoms with Crippen molar-refractivity contribution in [1.29, 1.82) is 0 Å². The Hall–Kier alpha value is -2.21. The molecule has 0 saturated carbocycles.